The number of carbonyl (C=O) groups is 1. The average Bonchev–Trinajstić information content (AvgIpc) is 2.47. The molecule has 102 valence electrons. The van der Waals surface area contributed by atoms with Crippen molar-refractivity contribution < 1.29 is 19.4 Å². The summed E-state index contributed by atoms with van der Waals surface area (Å²) in [7, 11) is 0. The molecule has 0 spiro atoms. The van der Waals surface area contributed by atoms with Crippen LogP contribution in [0.2, 0.25) is 0 Å². The van der Waals surface area contributed by atoms with Crippen LogP contribution in [0.5, 0.6) is 11.5 Å². The van der Waals surface area contributed by atoms with Gasteiger partial charge < -0.3 is 19.9 Å². The first-order chi connectivity index (χ1) is 9.74. The number of aromatic carboxylic acids is 1. The van der Waals surface area contributed by atoms with Gasteiger partial charge in [0.2, 0.25) is 0 Å². The van der Waals surface area contributed by atoms with Crippen molar-refractivity contribution >= 4 is 17.3 Å². The van der Waals surface area contributed by atoms with Crippen LogP contribution in [0, 0.1) is 0 Å². The molecule has 0 bridgehead atoms. The SMILES string of the molecule is O=C(O)c1ccccc1Nc1ccc2c(c1)OCCO2. The first-order valence-corrected chi connectivity index (χ1v) is 6.23. The fourth-order valence-corrected chi connectivity index (χ4v) is 2.06. The number of anilines is 2. The van der Waals surface area contributed by atoms with Gasteiger partial charge in [-0.25, -0.2) is 4.79 Å². The summed E-state index contributed by atoms with van der Waals surface area (Å²) in [6.07, 6.45) is 0. The monoisotopic (exact) mass is 271 g/mol. The van der Waals surface area contributed by atoms with Gasteiger partial charge in [-0.2, -0.15) is 0 Å². The predicted octanol–water partition coefficient (Wildman–Crippen LogP) is 2.90. The third kappa shape index (κ3) is 2.38. The molecule has 3 rings (SSSR count). The topological polar surface area (TPSA) is 67.8 Å². The summed E-state index contributed by atoms with van der Waals surface area (Å²) in [4.78, 5) is 11.2. The Morgan fingerprint density at radius 1 is 1.05 bits per heavy atom. The number of para-hydroxylation sites is 1. The zero-order valence-corrected chi connectivity index (χ0v) is 10.6. The summed E-state index contributed by atoms with van der Waals surface area (Å²) in [5.74, 6) is 0.396. The Balaban J connectivity index is 1.90. The normalized spacial score (nSPS) is 12.8. The lowest BCUT2D eigenvalue weighted by Crippen LogP contribution is -2.15. The molecule has 5 heteroatoms. The highest BCUT2D eigenvalue weighted by molar-refractivity contribution is 5.95. The molecule has 0 fully saturated rings. The van der Waals surface area contributed by atoms with E-state index in [-0.39, 0.29) is 5.56 Å². The summed E-state index contributed by atoms with van der Waals surface area (Å²) in [5.41, 5.74) is 1.52. The van der Waals surface area contributed by atoms with Crippen LogP contribution >= 0.6 is 0 Å². The Bertz CT molecular complexity index is 654. The lowest BCUT2D eigenvalue weighted by Gasteiger charge is -2.19. The van der Waals surface area contributed by atoms with Gasteiger partial charge in [0.1, 0.15) is 13.2 Å². The van der Waals surface area contributed by atoms with E-state index in [1.54, 1.807) is 36.4 Å². The van der Waals surface area contributed by atoms with Gasteiger partial charge in [-0.3, -0.25) is 0 Å². The molecule has 1 aliphatic heterocycles. The number of benzene rings is 2. The van der Waals surface area contributed by atoms with Crippen molar-refractivity contribution in [1.82, 2.24) is 0 Å². The number of carboxylic acid groups (broad SMARTS) is 1. The van der Waals surface area contributed by atoms with Gasteiger partial charge in [0.05, 0.1) is 11.3 Å². The second-order valence-electron chi connectivity index (χ2n) is 4.33. The molecular formula is C15H13NO4. The Hall–Kier alpha value is -2.69. The maximum atomic E-state index is 11.2. The first-order valence-electron chi connectivity index (χ1n) is 6.23. The lowest BCUT2D eigenvalue weighted by molar-refractivity contribution is 0.0698. The Kier molecular flexibility index (Phi) is 3.16. The van der Waals surface area contributed by atoms with Crippen molar-refractivity contribution in [3.05, 3.63) is 48.0 Å². The molecule has 0 amide bonds. The third-order valence-corrected chi connectivity index (χ3v) is 2.98. The molecule has 0 saturated carbocycles. The number of hydrogen-bond donors (Lipinski definition) is 2. The van der Waals surface area contributed by atoms with E-state index in [1.807, 2.05) is 6.07 Å². The quantitative estimate of drug-likeness (QED) is 0.898. The van der Waals surface area contributed by atoms with Crippen LogP contribution in [0.3, 0.4) is 0 Å². The standard InChI is InChI=1S/C15H13NO4/c17-15(18)11-3-1-2-4-12(11)16-10-5-6-13-14(9-10)20-8-7-19-13/h1-6,9,16H,7-8H2,(H,17,18). The molecule has 1 heterocycles. The molecule has 0 aromatic heterocycles. The highest BCUT2D eigenvalue weighted by Crippen LogP contribution is 2.34. The van der Waals surface area contributed by atoms with Gasteiger partial charge in [-0.05, 0) is 24.3 Å². The van der Waals surface area contributed by atoms with Gasteiger partial charge >= 0.3 is 5.97 Å². The van der Waals surface area contributed by atoms with E-state index in [9.17, 15) is 4.79 Å². The number of rotatable bonds is 3. The summed E-state index contributed by atoms with van der Waals surface area (Å²) in [6.45, 7) is 1.06. The molecule has 2 aromatic rings. The third-order valence-electron chi connectivity index (χ3n) is 2.98. The molecule has 2 N–H and O–H groups in total. The molecule has 0 atom stereocenters. The zero-order valence-electron chi connectivity index (χ0n) is 10.6. The summed E-state index contributed by atoms with van der Waals surface area (Å²) in [6, 6.07) is 12.2. The predicted molar refractivity (Wildman–Crippen MR) is 74.1 cm³/mol. The Morgan fingerprint density at radius 3 is 2.60 bits per heavy atom. The highest BCUT2D eigenvalue weighted by Gasteiger charge is 2.13. The maximum absolute atomic E-state index is 11.2. The second kappa shape index (κ2) is 5.13. The molecule has 20 heavy (non-hydrogen) atoms. The minimum atomic E-state index is -0.967. The van der Waals surface area contributed by atoms with E-state index in [2.05, 4.69) is 5.32 Å². The lowest BCUT2D eigenvalue weighted by atomic mass is 10.1. The van der Waals surface area contributed by atoms with Crippen molar-refractivity contribution in [2.75, 3.05) is 18.5 Å². The van der Waals surface area contributed by atoms with E-state index in [4.69, 9.17) is 14.6 Å². The molecular weight excluding hydrogens is 258 g/mol. The van der Waals surface area contributed by atoms with Crippen LogP contribution in [0.1, 0.15) is 10.4 Å². The number of nitrogens with one attached hydrogen (secondary N) is 1. The fraction of sp³-hybridized carbons (Fsp3) is 0.133. The van der Waals surface area contributed by atoms with E-state index < -0.39 is 5.97 Å². The molecule has 0 aliphatic carbocycles. The van der Waals surface area contributed by atoms with Crippen LogP contribution in [-0.4, -0.2) is 24.3 Å². The summed E-state index contributed by atoms with van der Waals surface area (Å²) >= 11 is 0. The maximum Gasteiger partial charge on any atom is 0.337 e. The molecule has 0 radical (unpaired) electrons. The van der Waals surface area contributed by atoms with Gasteiger partial charge in [0.15, 0.2) is 11.5 Å². The first kappa shape index (κ1) is 12.3. The molecule has 0 saturated heterocycles. The van der Waals surface area contributed by atoms with Gasteiger partial charge in [-0.15, -0.1) is 0 Å². The number of carboxylic acids is 1. The average molecular weight is 271 g/mol. The van der Waals surface area contributed by atoms with E-state index in [1.165, 1.54) is 0 Å². The van der Waals surface area contributed by atoms with Crippen LogP contribution < -0.4 is 14.8 Å². The van der Waals surface area contributed by atoms with Crippen LogP contribution in [0.15, 0.2) is 42.5 Å². The van der Waals surface area contributed by atoms with Crippen molar-refractivity contribution in [3.8, 4) is 11.5 Å². The molecule has 0 unspecified atom stereocenters. The summed E-state index contributed by atoms with van der Waals surface area (Å²) < 4.78 is 10.9. The Labute approximate surface area is 115 Å². The van der Waals surface area contributed by atoms with Gasteiger partial charge in [-0.1, -0.05) is 12.1 Å². The van der Waals surface area contributed by atoms with Crippen molar-refractivity contribution in [1.29, 1.82) is 0 Å². The molecule has 2 aromatic carbocycles. The minimum absolute atomic E-state index is 0.224. The van der Waals surface area contributed by atoms with Crippen LogP contribution in [0.25, 0.3) is 0 Å². The van der Waals surface area contributed by atoms with Gasteiger partial charge in [0, 0.05) is 11.8 Å². The smallest absolute Gasteiger partial charge is 0.337 e. The highest BCUT2D eigenvalue weighted by atomic mass is 16.6. The minimum Gasteiger partial charge on any atom is -0.486 e. The number of hydrogen-bond acceptors (Lipinski definition) is 4. The zero-order chi connectivity index (χ0) is 13.9. The van der Waals surface area contributed by atoms with Crippen molar-refractivity contribution in [2.24, 2.45) is 0 Å². The fourth-order valence-electron chi connectivity index (χ4n) is 2.06. The summed E-state index contributed by atoms with van der Waals surface area (Å²) in [5, 5.41) is 12.2. The van der Waals surface area contributed by atoms with E-state index in [0.717, 1.165) is 5.69 Å². The molecule has 1 aliphatic rings. The van der Waals surface area contributed by atoms with Crippen LogP contribution in [0.4, 0.5) is 11.4 Å². The van der Waals surface area contributed by atoms with E-state index >= 15 is 0 Å². The number of fused-ring (bicyclic) bond motifs is 1. The van der Waals surface area contributed by atoms with E-state index in [0.29, 0.717) is 30.4 Å². The largest absolute Gasteiger partial charge is 0.486 e. The molecule has 5 nitrogen and oxygen atoms in total. The van der Waals surface area contributed by atoms with Crippen LogP contribution in [-0.2, 0) is 0 Å². The van der Waals surface area contributed by atoms with Crippen molar-refractivity contribution in [3.63, 3.8) is 0 Å². The number of ether oxygens (including phenoxy) is 2. The Morgan fingerprint density at radius 2 is 1.80 bits per heavy atom. The second-order valence-corrected chi connectivity index (χ2v) is 4.33. The van der Waals surface area contributed by atoms with Gasteiger partial charge in [0.25, 0.3) is 0 Å². The van der Waals surface area contributed by atoms with Crippen molar-refractivity contribution in [2.45, 2.75) is 0 Å².